The number of carbonyl (C=O) groups is 1. The molecular weight excluding hydrogens is 648 g/mol. The van der Waals surface area contributed by atoms with Crippen molar-refractivity contribution in [2.24, 2.45) is 0 Å². The molecule has 0 unspecified atom stereocenters. The molecule has 4 aromatic rings. The third-order valence-electron chi connectivity index (χ3n) is 7.53. The molecule has 46 heavy (non-hydrogen) atoms. The lowest BCUT2D eigenvalue weighted by molar-refractivity contribution is 0.0534. The van der Waals surface area contributed by atoms with E-state index in [4.69, 9.17) is 31.1 Å². The van der Waals surface area contributed by atoms with Crippen LogP contribution in [-0.2, 0) is 13.1 Å². The fraction of sp³-hybridized carbons (Fsp3) is 0.485. The van der Waals surface area contributed by atoms with Crippen molar-refractivity contribution in [2.75, 3.05) is 39.4 Å². The molecule has 0 saturated carbocycles. The second-order valence-corrected chi connectivity index (χ2v) is 13.5. The van der Waals surface area contributed by atoms with Crippen molar-refractivity contribution in [3.05, 3.63) is 60.6 Å². The molecule has 0 saturated heterocycles. The fourth-order valence-corrected chi connectivity index (χ4v) is 7.10. The van der Waals surface area contributed by atoms with Gasteiger partial charge in [0.05, 0.1) is 16.5 Å². The molecule has 4 rings (SSSR count). The molecule has 13 heteroatoms. The topological polar surface area (TPSA) is 132 Å². The summed E-state index contributed by atoms with van der Waals surface area (Å²) in [4.78, 5) is 23.9. The maximum absolute atomic E-state index is 10.8. The van der Waals surface area contributed by atoms with Gasteiger partial charge in [-0.2, -0.15) is 4.98 Å². The van der Waals surface area contributed by atoms with Crippen molar-refractivity contribution in [3.63, 3.8) is 0 Å². The van der Waals surface area contributed by atoms with E-state index < -0.39 is 12.1 Å². The van der Waals surface area contributed by atoms with Crippen LogP contribution in [0, 0.1) is 20.8 Å². The Bertz CT molecular complexity index is 1540. The smallest absolute Gasteiger partial charge is 0.345 e. The van der Waals surface area contributed by atoms with Crippen LogP contribution in [-0.4, -0.2) is 86.7 Å². The second-order valence-electron chi connectivity index (χ2n) is 10.8. The first-order valence-electron chi connectivity index (χ1n) is 15.4. The number of carboxylic acid groups (broad SMARTS) is 1. The third-order valence-corrected chi connectivity index (χ3v) is 10.2. The number of halogens is 1. The van der Waals surface area contributed by atoms with Crippen LogP contribution < -0.4 is 4.74 Å². The van der Waals surface area contributed by atoms with Crippen LogP contribution in [0.4, 0.5) is 0 Å². The van der Waals surface area contributed by atoms with E-state index in [-0.39, 0.29) is 13.2 Å². The summed E-state index contributed by atoms with van der Waals surface area (Å²) in [6, 6.07) is 7.40. The van der Waals surface area contributed by atoms with Crippen molar-refractivity contribution in [1.82, 2.24) is 19.9 Å². The van der Waals surface area contributed by atoms with Gasteiger partial charge in [-0.1, -0.05) is 44.5 Å². The van der Waals surface area contributed by atoms with E-state index in [2.05, 4.69) is 60.6 Å². The summed E-state index contributed by atoms with van der Waals surface area (Å²) >= 11 is 9.43. The van der Waals surface area contributed by atoms with Gasteiger partial charge < -0.3 is 24.6 Å². The van der Waals surface area contributed by atoms with Gasteiger partial charge in [-0.3, -0.25) is 9.80 Å². The van der Waals surface area contributed by atoms with E-state index >= 15 is 0 Å². The number of nitrogens with zero attached hydrogens (tertiary/aromatic N) is 4. The molecule has 0 aliphatic carbocycles. The quantitative estimate of drug-likeness (QED) is 0.121. The monoisotopic (exact) mass is 692 g/mol. The zero-order valence-corrected chi connectivity index (χ0v) is 30.0. The number of ether oxygens (including phenoxy) is 1. The fourth-order valence-electron chi connectivity index (χ4n) is 4.58. The summed E-state index contributed by atoms with van der Waals surface area (Å²) in [5.74, 6) is 0.554. The molecule has 0 amide bonds. The lowest BCUT2D eigenvalue weighted by atomic mass is 10.1. The predicted molar refractivity (Wildman–Crippen MR) is 185 cm³/mol. The Morgan fingerprint density at radius 2 is 1.52 bits per heavy atom. The van der Waals surface area contributed by atoms with E-state index in [1.807, 2.05) is 19.9 Å². The molecular formula is C33H45ClN4O6S2. The zero-order valence-electron chi connectivity index (χ0n) is 27.6. The lowest BCUT2D eigenvalue weighted by Crippen LogP contribution is -2.21. The number of rotatable bonds is 15. The summed E-state index contributed by atoms with van der Waals surface area (Å²) in [5, 5.41) is 31.8. The van der Waals surface area contributed by atoms with Gasteiger partial charge in [-0.25, -0.2) is 4.79 Å². The Hall–Kier alpha value is -2.84. The van der Waals surface area contributed by atoms with E-state index in [0.29, 0.717) is 32.9 Å². The molecule has 0 fully saturated rings. The maximum Gasteiger partial charge on any atom is 0.345 e. The molecule has 1 aromatic carbocycles. The highest BCUT2D eigenvalue weighted by atomic mass is 35.5. The Morgan fingerprint density at radius 3 is 2.04 bits per heavy atom. The molecule has 3 N–H and O–H groups in total. The average Bonchev–Trinajstić information content (AvgIpc) is 3.77. The van der Waals surface area contributed by atoms with E-state index in [1.54, 1.807) is 23.5 Å². The Balaban J connectivity index is 0.000000322. The summed E-state index contributed by atoms with van der Waals surface area (Å²) in [5.41, 5.74) is 3.79. The van der Waals surface area contributed by atoms with Crippen molar-refractivity contribution in [2.45, 2.75) is 67.7 Å². The first-order valence-corrected chi connectivity index (χ1v) is 17.4. The van der Waals surface area contributed by atoms with Crippen LogP contribution in [0.5, 0.6) is 5.75 Å². The highest BCUT2D eigenvalue weighted by Crippen LogP contribution is 2.36. The molecule has 252 valence electrons. The van der Waals surface area contributed by atoms with Crippen molar-refractivity contribution in [3.8, 4) is 27.9 Å². The first kappa shape index (κ1) is 37.6. The number of hydrogen-bond acceptors (Lipinski definition) is 11. The number of aliphatic hydroxyl groups excluding tert-OH is 2. The Morgan fingerprint density at radius 1 is 0.935 bits per heavy atom. The number of aromatic carboxylic acids is 1. The number of aromatic nitrogens is 2. The predicted octanol–water partition coefficient (Wildman–Crippen LogP) is 6.91. The second kappa shape index (κ2) is 17.9. The summed E-state index contributed by atoms with van der Waals surface area (Å²) in [6.07, 6.45) is -0.962. The van der Waals surface area contributed by atoms with Crippen molar-refractivity contribution >= 4 is 40.2 Å². The Kier molecular flexibility index (Phi) is 14.6. The molecule has 1 atom stereocenters. The van der Waals surface area contributed by atoms with Gasteiger partial charge in [0, 0.05) is 28.4 Å². The minimum absolute atomic E-state index is 0.0453. The van der Waals surface area contributed by atoms with Gasteiger partial charge >= 0.3 is 5.97 Å². The average molecular weight is 693 g/mol. The standard InChI is InChI=1S/C22H28ClN3O4S.C11H17NO2S/c1-5-26(6-2)10-19-13(3)8-18(31-19)22-24-21(25-30-22)15-7-14(4)20(17(23)9-15)29-12-16(28)11-27;1-4-12(5-2)7-10-8(3)6-9(15-10)11(13)14/h7-9,16,27-28H,5-6,10-12H2,1-4H3;6H,4-5,7H2,1-3H3,(H,13,14)/t16-;/m0./s1. The molecule has 0 bridgehead atoms. The molecule has 10 nitrogen and oxygen atoms in total. The minimum Gasteiger partial charge on any atom is -0.489 e. The van der Waals surface area contributed by atoms with E-state index in [1.165, 1.54) is 21.8 Å². The van der Waals surface area contributed by atoms with Gasteiger partial charge in [0.15, 0.2) is 0 Å². The Labute approximate surface area is 284 Å². The number of benzene rings is 1. The van der Waals surface area contributed by atoms with Crippen LogP contribution in [0.2, 0.25) is 5.02 Å². The minimum atomic E-state index is -0.962. The van der Waals surface area contributed by atoms with Gasteiger partial charge in [0.1, 0.15) is 23.3 Å². The lowest BCUT2D eigenvalue weighted by Gasteiger charge is -2.17. The third kappa shape index (κ3) is 10.1. The highest BCUT2D eigenvalue weighted by Gasteiger charge is 2.18. The zero-order chi connectivity index (χ0) is 34.0. The molecule has 0 aliphatic rings. The van der Waals surface area contributed by atoms with E-state index in [9.17, 15) is 9.90 Å². The number of aryl methyl sites for hydroxylation is 3. The number of carboxylic acids is 1. The molecule has 0 aliphatic heterocycles. The van der Waals surface area contributed by atoms with Crippen LogP contribution in [0.3, 0.4) is 0 Å². The summed E-state index contributed by atoms with van der Waals surface area (Å²) < 4.78 is 11.1. The summed E-state index contributed by atoms with van der Waals surface area (Å²) in [7, 11) is 0. The number of thiophene rings is 2. The molecule has 3 heterocycles. The summed E-state index contributed by atoms with van der Waals surface area (Å²) in [6.45, 7) is 19.8. The van der Waals surface area contributed by atoms with Crippen LogP contribution in [0.1, 0.15) is 63.8 Å². The normalized spacial score (nSPS) is 12.0. The maximum atomic E-state index is 10.8. The first-order chi connectivity index (χ1) is 21.9. The van der Waals surface area contributed by atoms with Crippen LogP contribution >= 0.6 is 34.3 Å². The van der Waals surface area contributed by atoms with Crippen molar-refractivity contribution < 1.29 is 29.4 Å². The van der Waals surface area contributed by atoms with E-state index in [0.717, 1.165) is 60.1 Å². The van der Waals surface area contributed by atoms with Crippen molar-refractivity contribution in [1.29, 1.82) is 0 Å². The van der Waals surface area contributed by atoms with Crippen LogP contribution in [0.15, 0.2) is 28.8 Å². The highest BCUT2D eigenvalue weighted by molar-refractivity contribution is 7.15. The van der Waals surface area contributed by atoms with Gasteiger partial charge in [0.25, 0.3) is 5.89 Å². The largest absolute Gasteiger partial charge is 0.489 e. The molecule has 0 spiro atoms. The number of hydrogen-bond donors (Lipinski definition) is 3. The van der Waals surface area contributed by atoms with Gasteiger partial charge in [0.2, 0.25) is 5.82 Å². The molecule has 0 radical (unpaired) electrons. The van der Waals surface area contributed by atoms with Gasteiger partial charge in [-0.05, 0) is 87.9 Å². The number of aliphatic hydroxyl groups is 2. The SMILES string of the molecule is CCN(CC)Cc1sc(-c2nc(-c3cc(C)c(OC[C@@H](O)CO)c(Cl)c3)no2)cc1C.CCN(CC)Cc1sc(C(=O)O)cc1C. The van der Waals surface area contributed by atoms with Crippen LogP contribution in [0.25, 0.3) is 22.2 Å². The molecule has 3 aromatic heterocycles. The van der Waals surface area contributed by atoms with Gasteiger partial charge in [-0.15, -0.1) is 22.7 Å².